The van der Waals surface area contributed by atoms with E-state index < -0.39 is 23.2 Å². The van der Waals surface area contributed by atoms with Gasteiger partial charge in [-0.25, -0.2) is 0 Å². The molecule has 0 heterocycles. The van der Waals surface area contributed by atoms with Crippen LogP contribution < -0.4 is 0 Å². The quantitative estimate of drug-likeness (QED) is 0.397. The van der Waals surface area contributed by atoms with Crippen LogP contribution in [0.1, 0.15) is 52.4 Å². The van der Waals surface area contributed by atoms with Gasteiger partial charge in [-0.3, -0.25) is 0 Å². The van der Waals surface area contributed by atoms with Crippen molar-refractivity contribution >= 4 is 0 Å². The normalized spacial score (nSPS) is 57.7. The van der Waals surface area contributed by atoms with Crippen LogP contribution in [0.15, 0.2) is 11.6 Å². The Kier molecular flexibility index (Phi) is 3.74. The van der Waals surface area contributed by atoms with Crippen LogP contribution in [0.5, 0.6) is 0 Å². The fourth-order valence-corrected chi connectivity index (χ4v) is 6.99. The predicted molar refractivity (Wildman–Crippen MR) is 94.3 cm³/mol. The van der Waals surface area contributed by atoms with Crippen LogP contribution >= 0.6 is 0 Å². The second-order valence-electron chi connectivity index (χ2n) is 9.44. The van der Waals surface area contributed by atoms with Crippen molar-refractivity contribution in [1.82, 2.24) is 0 Å². The lowest BCUT2D eigenvalue weighted by molar-refractivity contribution is -0.172. The molecule has 0 aromatic carbocycles. The highest BCUT2D eigenvalue weighted by Gasteiger charge is 2.67. The van der Waals surface area contributed by atoms with Crippen LogP contribution in [-0.4, -0.2) is 44.3 Å². The van der Waals surface area contributed by atoms with E-state index in [4.69, 9.17) is 6.42 Å². The first kappa shape index (κ1) is 17.5. The highest BCUT2D eigenvalue weighted by molar-refractivity contribution is 5.31. The van der Waals surface area contributed by atoms with Crippen molar-refractivity contribution in [3.05, 3.63) is 11.6 Å². The maximum atomic E-state index is 11.2. The zero-order valence-corrected chi connectivity index (χ0v) is 15.2. The molecule has 4 nitrogen and oxygen atoms in total. The molecule has 3 saturated carbocycles. The largest absolute Gasteiger partial charge is 0.393 e. The van der Waals surface area contributed by atoms with Gasteiger partial charge in [0.05, 0.1) is 18.3 Å². The summed E-state index contributed by atoms with van der Waals surface area (Å²) in [6, 6.07) is 0. The van der Waals surface area contributed by atoms with Crippen LogP contribution in [0, 0.1) is 40.9 Å². The Morgan fingerprint density at radius 3 is 2.56 bits per heavy atom. The number of terminal acetylenes is 1. The van der Waals surface area contributed by atoms with Gasteiger partial charge in [-0.15, -0.1) is 6.42 Å². The average molecular weight is 346 g/mol. The van der Waals surface area contributed by atoms with Crippen LogP contribution in [0.25, 0.3) is 0 Å². The zero-order valence-electron chi connectivity index (χ0n) is 15.2. The number of aliphatic hydroxyl groups excluding tert-OH is 3. The van der Waals surface area contributed by atoms with Crippen molar-refractivity contribution in [3.8, 4) is 12.3 Å². The van der Waals surface area contributed by atoms with E-state index in [0.717, 1.165) is 24.8 Å². The fourth-order valence-electron chi connectivity index (χ4n) is 6.99. The first-order valence-corrected chi connectivity index (χ1v) is 9.62. The van der Waals surface area contributed by atoms with E-state index in [-0.39, 0.29) is 29.3 Å². The summed E-state index contributed by atoms with van der Waals surface area (Å²) in [5, 5.41) is 43.2. The number of hydrogen-bond donors (Lipinski definition) is 4. The Morgan fingerprint density at radius 2 is 1.88 bits per heavy atom. The Labute approximate surface area is 150 Å². The van der Waals surface area contributed by atoms with E-state index in [1.54, 1.807) is 0 Å². The molecule has 0 aliphatic heterocycles. The molecule has 4 N–H and O–H groups in total. The van der Waals surface area contributed by atoms with E-state index in [9.17, 15) is 20.4 Å². The fraction of sp³-hybridized carbons (Fsp3) is 0.810. The van der Waals surface area contributed by atoms with E-state index in [2.05, 4.69) is 12.8 Å². The maximum Gasteiger partial charge on any atom is 0.130 e. The third kappa shape index (κ3) is 2.10. The SMILES string of the molecule is C#C[C@]1(O)CC[C@H]2[C@H]3C([C@H](O)C[C@@]21C)[C@@]1(C)CC[C@H](O)CC1=C[C@@H]3O. The molecular formula is C21H30O4. The molecule has 0 bridgehead atoms. The van der Waals surface area contributed by atoms with Crippen molar-refractivity contribution in [2.45, 2.75) is 76.3 Å². The first-order chi connectivity index (χ1) is 11.7. The molecule has 0 amide bonds. The Bertz CT molecular complexity index is 651. The lowest BCUT2D eigenvalue weighted by atomic mass is 9.45. The van der Waals surface area contributed by atoms with E-state index in [1.165, 1.54) is 0 Å². The van der Waals surface area contributed by atoms with Gasteiger partial charge < -0.3 is 20.4 Å². The molecule has 0 spiro atoms. The number of aliphatic hydroxyl groups is 4. The third-order valence-corrected chi connectivity index (χ3v) is 8.43. The zero-order chi connectivity index (χ0) is 18.2. The number of hydrogen-bond acceptors (Lipinski definition) is 4. The summed E-state index contributed by atoms with van der Waals surface area (Å²) in [5.74, 6) is 2.55. The van der Waals surface area contributed by atoms with Crippen molar-refractivity contribution in [2.75, 3.05) is 0 Å². The van der Waals surface area contributed by atoms with E-state index in [0.29, 0.717) is 19.3 Å². The minimum Gasteiger partial charge on any atom is -0.393 e. The van der Waals surface area contributed by atoms with Crippen molar-refractivity contribution in [1.29, 1.82) is 0 Å². The smallest absolute Gasteiger partial charge is 0.130 e. The molecule has 4 rings (SSSR count). The molecule has 0 saturated heterocycles. The molecule has 4 aliphatic rings. The molecule has 1 unspecified atom stereocenters. The lowest BCUT2D eigenvalue weighted by Crippen LogP contribution is -2.62. The second kappa shape index (κ2) is 5.33. The van der Waals surface area contributed by atoms with Gasteiger partial charge in [0.2, 0.25) is 0 Å². The Hall–Kier alpha value is -0.860. The molecular weight excluding hydrogens is 316 g/mol. The van der Waals surface area contributed by atoms with Gasteiger partial charge in [0, 0.05) is 5.41 Å². The maximum absolute atomic E-state index is 11.2. The molecule has 138 valence electrons. The molecule has 4 aliphatic carbocycles. The lowest BCUT2D eigenvalue weighted by Gasteiger charge is -2.61. The van der Waals surface area contributed by atoms with Crippen LogP contribution in [-0.2, 0) is 0 Å². The van der Waals surface area contributed by atoms with Crippen LogP contribution in [0.3, 0.4) is 0 Å². The summed E-state index contributed by atoms with van der Waals surface area (Å²) >= 11 is 0. The Balaban J connectivity index is 1.80. The van der Waals surface area contributed by atoms with Crippen LogP contribution in [0.4, 0.5) is 0 Å². The van der Waals surface area contributed by atoms with E-state index in [1.807, 2.05) is 13.0 Å². The minimum atomic E-state index is -1.21. The summed E-state index contributed by atoms with van der Waals surface area (Å²) in [7, 11) is 0. The van der Waals surface area contributed by atoms with Crippen LogP contribution in [0.2, 0.25) is 0 Å². The number of rotatable bonds is 0. The summed E-state index contributed by atoms with van der Waals surface area (Å²) < 4.78 is 0. The molecule has 0 radical (unpaired) electrons. The predicted octanol–water partition coefficient (Wildman–Crippen LogP) is 1.62. The van der Waals surface area contributed by atoms with Gasteiger partial charge >= 0.3 is 0 Å². The van der Waals surface area contributed by atoms with Gasteiger partial charge in [-0.05, 0) is 61.7 Å². The third-order valence-electron chi connectivity index (χ3n) is 8.43. The first-order valence-electron chi connectivity index (χ1n) is 9.62. The summed E-state index contributed by atoms with van der Waals surface area (Å²) in [6.45, 7) is 4.17. The monoisotopic (exact) mass is 346 g/mol. The summed E-state index contributed by atoms with van der Waals surface area (Å²) in [5.41, 5.74) is -0.885. The van der Waals surface area contributed by atoms with Gasteiger partial charge in [-0.2, -0.15) is 0 Å². The topological polar surface area (TPSA) is 80.9 Å². The summed E-state index contributed by atoms with van der Waals surface area (Å²) in [6.07, 6.45) is 9.90. The van der Waals surface area contributed by atoms with Crippen molar-refractivity contribution in [3.63, 3.8) is 0 Å². The Morgan fingerprint density at radius 1 is 1.16 bits per heavy atom. The molecule has 4 heteroatoms. The standard InChI is InChI=1S/C21H30O4/c1-4-21(25)8-6-14-17-15(23)10-12-9-13(22)5-7-19(12,2)18(17)16(24)11-20(14,21)3/h1,10,13-18,22-25H,5-9,11H2,2-3H3/t13-,14-,15-,16+,17+,18?,19-,20-,21-/m0/s1. The molecule has 0 aromatic heterocycles. The minimum absolute atomic E-state index is 0.0480. The van der Waals surface area contributed by atoms with Gasteiger partial charge in [0.15, 0.2) is 0 Å². The molecule has 9 atom stereocenters. The molecule has 25 heavy (non-hydrogen) atoms. The van der Waals surface area contributed by atoms with Gasteiger partial charge in [0.1, 0.15) is 5.60 Å². The highest BCUT2D eigenvalue weighted by atomic mass is 16.3. The van der Waals surface area contributed by atoms with E-state index >= 15 is 0 Å². The average Bonchev–Trinajstić information content (AvgIpc) is 2.81. The number of fused-ring (bicyclic) bond motifs is 5. The van der Waals surface area contributed by atoms with Crippen molar-refractivity contribution in [2.24, 2.45) is 28.6 Å². The molecule has 0 aromatic rings. The van der Waals surface area contributed by atoms with Crippen molar-refractivity contribution < 1.29 is 20.4 Å². The second-order valence-corrected chi connectivity index (χ2v) is 9.44. The summed E-state index contributed by atoms with van der Waals surface area (Å²) in [4.78, 5) is 0. The highest BCUT2D eigenvalue weighted by Crippen LogP contribution is 2.66. The molecule has 3 fully saturated rings. The van der Waals surface area contributed by atoms with Gasteiger partial charge in [0.25, 0.3) is 0 Å². The van der Waals surface area contributed by atoms with Gasteiger partial charge in [-0.1, -0.05) is 31.4 Å².